The molecule has 0 atom stereocenters. The number of nitro groups is 1. The highest BCUT2D eigenvalue weighted by molar-refractivity contribution is 6.06. The van der Waals surface area contributed by atoms with Crippen LogP contribution in [0.3, 0.4) is 0 Å². The first-order valence-corrected chi connectivity index (χ1v) is 11.6. The Morgan fingerprint density at radius 2 is 1.56 bits per heavy atom. The van der Waals surface area contributed by atoms with Gasteiger partial charge in [-0.25, -0.2) is 0 Å². The van der Waals surface area contributed by atoms with E-state index in [4.69, 9.17) is 4.74 Å². The number of allylic oxidation sites excluding steroid dienone is 4. The number of carbonyl (C=O) groups excluding carboxylic acids is 2. The van der Waals surface area contributed by atoms with Crippen LogP contribution in [0.4, 0.5) is 18.9 Å². The third-order valence-corrected chi connectivity index (χ3v) is 6.69. The van der Waals surface area contributed by atoms with Crippen molar-refractivity contribution in [2.24, 2.45) is 0 Å². The summed E-state index contributed by atoms with van der Waals surface area (Å²) in [6.07, 6.45) is -1.17. The molecule has 2 aromatic carbocycles. The van der Waals surface area contributed by atoms with Gasteiger partial charge < -0.3 is 10.1 Å². The number of halogens is 3. The highest BCUT2D eigenvalue weighted by Crippen LogP contribution is 2.46. The van der Waals surface area contributed by atoms with E-state index in [9.17, 15) is 32.9 Å². The van der Waals surface area contributed by atoms with Crippen LogP contribution in [0.25, 0.3) is 0 Å². The van der Waals surface area contributed by atoms with Crippen molar-refractivity contribution in [3.63, 3.8) is 0 Å². The molecule has 0 aromatic heterocycles. The lowest BCUT2D eigenvalue weighted by molar-refractivity contribution is -0.385. The fraction of sp³-hybridized carbons (Fsp3) is 0.308. The molecular weight excluding hydrogens is 477 g/mol. The number of nitrogens with one attached hydrogen (secondary N) is 1. The maximum Gasteiger partial charge on any atom is 0.416 e. The molecule has 5 rings (SSSR count). The maximum atomic E-state index is 13.1. The van der Waals surface area contributed by atoms with E-state index in [-0.39, 0.29) is 23.1 Å². The molecule has 1 aliphatic heterocycles. The molecule has 0 fully saturated rings. The minimum atomic E-state index is -4.74. The first kappa shape index (κ1) is 23.8. The second-order valence-corrected chi connectivity index (χ2v) is 9.01. The normalized spacial score (nSPS) is 18.5. The molecule has 10 heteroatoms. The van der Waals surface area contributed by atoms with Crippen LogP contribution in [0.5, 0.6) is 11.5 Å². The number of rotatable bonds is 4. The third-order valence-electron chi connectivity index (χ3n) is 6.69. The predicted molar refractivity (Wildman–Crippen MR) is 122 cm³/mol. The second kappa shape index (κ2) is 8.92. The number of nitrogens with zero attached hydrogens (tertiary/aromatic N) is 1. The van der Waals surface area contributed by atoms with E-state index >= 15 is 0 Å². The number of hydrogen-bond acceptors (Lipinski definition) is 6. The molecule has 1 heterocycles. The third kappa shape index (κ3) is 4.27. The van der Waals surface area contributed by atoms with Crippen molar-refractivity contribution in [1.82, 2.24) is 5.32 Å². The van der Waals surface area contributed by atoms with Gasteiger partial charge in [-0.1, -0.05) is 12.1 Å². The van der Waals surface area contributed by atoms with E-state index < -0.39 is 28.3 Å². The zero-order valence-electron chi connectivity index (χ0n) is 19.0. The lowest BCUT2D eigenvalue weighted by atomic mass is 9.71. The Bertz CT molecular complexity index is 1320. The number of Topliss-reactive ketones (excluding diaryl/α,β-unsaturated/α-hetero) is 2. The van der Waals surface area contributed by atoms with Gasteiger partial charge in [0.1, 0.15) is 5.75 Å². The molecule has 0 unspecified atom stereocenters. The van der Waals surface area contributed by atoms with Gasteiger partial charge in [0, 0.05) is 47.4 Å². The van der Waals surface area contributed by atoms with Crippen molar-refractivity contribution >= 4 is 17.3 Å². The molecule has 0 spiro atoms. The lowest BCUT2D eigenvalue weighted by Gasteiger charge is -2.37. The molecule has 1 N–H and O–H groups in total. The number of nitro benzene ring substituents is 1. The summed E-state index contributed by atoms with van der Waals surface area (Å²) in [4.78, 5) is 36.5. The van der Waals surface area contributed by atoms with Crippen molar-refractivity contribution in [2.75, 3.05) is 0 Å². The summed E-state index contributed by atoms with van der Waals surface area (Å²) in [6.45, 7) is 0. The molecule has 0 bridgehead atoms. The Kier molecular flexibility index (Phi) is 5.89. The fourth-order valence-corrected chi connectivity index (χ4v) is 5.12. The Morgan fingerprint density at radius 3 is 2.14 bits per heavy atom. The van der Waals surface area contributed by atoms with Gasteiger partial charge in [0.05, 0.1) is 10.5 Å². The van der Waals surface area contributed by atoms with Gasteiger partial charge in [0.25, 0.3) is 0 Å². The summed E-state index contributed by atoms with van der Waals surface area (Å²) in [5, 5.41) is 14.8. The summed E-state index contributed by atoms with van der Waals surface area (Å²) < 4.78 is 44.8. The summed E-state index contributed by atoms with van der Waals surface area (Å²) in [5.41, 5.74) is 1.35. The number of ether oxygens (including phenoxy) is 1. The van der Waals surface area contributed by atoms with Crippen LogP contribution in [0.2, 0.25) is 0 Å². The van der Waals surface area contributed by atoms with Crippen LogP contribution in [0.15, 0.2) is 65.0 Å². The first-order chi connectivity index (χ1) is 17.1. The minimum Gasteiger partial charge on any atom is -0.450 e. The lowest BCUT2D eigenvalue weighted by Crippen LogP contribution is -2.36. The molecule has 0 amide bonds. The first-order valence-electron chi connectivity index (χ1n) is 11.6. The largest absolute Gasteiger partial charge is 0.450 e. The topological polar surface area (TPSA) is 98.5 Å². The van der Waals surface area contributed by atoms with Crippen LogP contribution >= 0.6 is 0 Å². The number of ketones is 2. The molecule has 7 nitrogen and oxygen atoms in total. The molecule has 3 aliphatic rings. The van der Waals surface area contributed by atoms with Crippen LogP contribution in [0, 0.1) is 10.1 Å². The smallest absolute Gasteiger partial charge is 0.416 e. The standard InChI is InChI=1S/C26H21F3N2O5/c27-26(28,29)15-10-11-22(19(13-15)31(34)35)36-16-5-1-4-14(12-16)23-24-17(6-2-8-20(24)32)30-18-7-3-9-21(33)25(18)23/h1,4-5,10-13,23,30H,2-3,6-9H2. The van der Waals surface area contributed by atoms with Gasteiger partial charge in [-0.05, 0) is 55.5 Å². The van der Waals surface area contributed by atoms with E-state index in [1.807, 2.05) is 0 Å². The molecule has 2 aromatic rings. The Balaban J connectivity index is 1.56. The number of benzene rings is 2. The average Bonchev–Trinajstić information content (AvgIpc) is 2.83. The maximum absolute atomic E-state index is 13.1. The average molecular weight is 498 g/mol. The number of carbonyl (C=O) groups is 2. The van der Waals surface area contributed by atoms with Crippen molar-refractivity contribution in [3.05, 3.63) is 86.2 Å². The zero-order chi connectivity index (χ0) is 25.6. The predicted octanol–water partition coefficient (Wildman–Crippen LogP) is 6.11. The summed E-state index contributed by atoms with van der Waals surface area (Å²) in [5.74, 6) is -0.878. The summed E-state index contributed by atoms with van der Waals surface area (Å²) >= 11 is 0. The van der Waals surface area contributed by atoms with E-state index in [0.717, 1.165) is 17.5 Å². The van der Waals surface area contributed by atoms with E-state index in [0.29, 0.717) is 67.4 Å². The Morgan fingerprint density at radius 1 is 0.917 bits per heavy atom. The second-order valence-electron chi connectivity index (χ2n) is 9.01. The fourth-order valence-electron chi connectivity index (χ4n) is 5.12. The minimum absolute atomic E-state index is 0.0385. The van der Waals surface area contributed by atoms with Gasteiger partial charge in [-0.15, -0.1) is 0 Å². The zero-order valence-corrected chi connectivity index (χ0v) is 19.0. The number of hydrogen-bond donors (Lipinski definition) is 1. The number of alkyl halides is 3. The van der Waals surface area contributed by atoms with Crippen molar-refractivity contribution in [2.45, 2.75) is 50.6 Å². The van der Waals surface area contributed by atoms with E-state index in [2.05, 4.69) is 5.32 Å². The van der Waals surface area contributed by atoms with Gasteiger partial charge >= 0.3 is 11.9 Å². The van der Waals surface area contributed by atoms with Crippen LogP contribution in [-0.4, -0.2) is 16.5 Å². The monoisotopic (exact) mass is 498 g/mol. The van der Waals surface area contributed by atoms with Gasteiger partial charge in [-0.3, -0.25) is 19.7 Å². The van der Waals surface area contributed by atoms with Crippen LogP contribution in [-0.2, 0) is 15.8 Å². The Labute approximate surface area is 203 Å². The van der Waals surface area contributed by atoms with Gasteiger partial charge in [0.2, 0.25) is 5.75 Å². The van der Waals surface area contributed by atoms with Crippen molar-refractivity contribution in [3.8, 4) is 11.5 Å². The highest BCUT2D eigenvalue weighted by atomic mass is 19.4. The SMILES string of the molecule is O=C1CCCC2=C1C(c1cccc(Oc3ccc(C(F)(F)F)cc3[N+](=O)[O-])c1)C1=C(CCCC1=O)N2. The summed E-state index contributed by atoms with van der Waals surface area (Å²) in [7, 11) is 0. The molecule has 0 saturated carbocycles. The molecule has 186 valence electrons. The molecule has 0 radical (unpaired) electrons. The quantitative estimate of drug-likeness (QED) is 0.404. The molecular formula is C26H21F3N2O5. The van der Waals surface area contributed by atoms with Crippen LogP contribution < -0.4 is 10.1 Å². The Hall–Kier alpha value is -3.95. The van der Waals surface area contributed by atoms with Gasteiger partial charge in [-0.2, -0.15) is 13.2 Å². The van der Waals surface area contributed by atoms with Gasteiger partial charge in [0.15, 0.2) is 11.6 Å². The molecule has 0 saturated heterocycles. The summed E-state index contributed by atoms with van der Waals surface area (Å²) in [6, 6.07) is 8.54. The van der Waals surface area contributed by atoms with E-state index in [1.54, 1.807) is 18.2 Å². The molecule has 2 aliphatic carbocycles. The highest BCUT2D eigenvalue weighted by Gasteiger charge is 2.40. The van der Waals surface area contributed by atoms with Crippen molar-refractivity contribution in [1.29, 1.82) is 0 Å². The van der Waals surface area contributed by atoms with E-state index in [1.165, 1.54) is 6.07 Å². The van der Waals surface area contributed by atoms with Crippen molar-refractivity contribution < 1.29 is 32.4 Å². The van der Waals surface area contributed by atoms with Crippen LogP contribution in [0.1, 0.15) is 55.6 Å². The molecule has 36 heavy (non-hydrogen) atoms. The number of dihydropyridines is 1.